The Morgan fingerprint density at radius 2 is 2.10 bits per heavy atom. The van der Waals surface area contributed by atoms with Gasteiger partial charge in [0.2, 0.25) is 5.91 Å². The van der Waals surface area contributed by atoms with E-state index in [-0.39, 0.29) is 12.5 Å². The predicted molar refractivity (Wildman–Crippen MR) is 78.3 cm³/mol. The van der Waals surface area contributed by atoms with Crippen LogP contribution in [0.5, 0.6) is 0 Å². The van der Waals surface area contributed by atoms with Gasteiger partial charge in [0.25, 0.3) is 0 Å². The van der Waals surface area contributed by atoms with E-state index in [0.717, 1.165) is 13.1 Å². The lowest BCUT2D eigenvalue weighted by molar-refractivity contribution is -0.137. The number of piperazine rings is 1. The molecular weight excluding hydrogens is 273 g/mol. The zero-order valence-electron chi connectivity index (χ0n) is 12.3. The van der Waals surface area contributed by atoms with Gasteiger partial charge in [0.1, 0.15) is 11.9 Å². The van der Waals surface area contributed by atoms with Gasteiger partial charge in [0.05, 0.1) is 6.61 Å². The Kier molecular flexibility index (Phi) is 5.67. The van der Waals surface area contributed by atoms with Gasteiger partial charge in [-0.2, -0.15) is 0 Å². The van der Waals surface area contributed by atoms with Crippen LogP contribution < -0.4 is 5.32 Å². The molecule has 1 amide bonds. The Hall–Kier alpha value is -1.50. The molecule has 1 aliphatic heterocycles. The Labute approximate surface area is 124 Å². The molecule has 1 unspecified atom stereocenters. The molecule has 21 heavy (non-hydrogen) atoms. The van der Waals surface area contributed by atoms with E-state index in [2.05, 4.69) is 5.32 Å². The summed E-state index contributed by atoms with van der Waals surface area (Å²) in [6, 6.07) is 5.63. The number of rotatable bonds is 5. The highest BCUT2D eigenvalue weighted by Gasteiger charge is 2.31. The summed E-state index contributed by atoms with van der Waals surface area (Å²) in [6.45, 7) is 2.99. The van der Waals surface area contributed by atoms with Crippen molar-refractivity contribution >= 4 is 5.91 Å². The number of aliphatic hydroxyl groups excluding tert-OH is 1. The number of hydrogen-bond acceptors (Lipinski definition) is 4. The number of halogens is 1. The van der Waals surface area contributed by atoms with Crippen LogP contribution in [0.25, 0.3) is 0 Å². The third-order valence-electron chi connectivity index (χ3n) is 3.76. The van der Waals surface area contributed by atoms with Gasteiger partial charge in [-0.1, -0.05) is 18.2 Å². The molecule has 0 spiro atoms. The molecule has 1 atom stereocenters. The number of benzene rings is 1. The summed E-state index contributed by atoms with van der Waals surface area (Å²) in [4.78, 5) is 16.2. The number of hydrogen-bond donors (Lipinski definition) is 2. The summed E-state index contributed by atoms with van der Waals surface area (Å²) in [5, 5.41) is 12.3. The number of nitrogens with one attached hydrogen (secondary N) is 1. The smallest absolute Gasteiger partial charge is 0.244 e. The molecule has 6 heteroatoms. The summed E-state index contributed by atoms with van der Waals surface area (Å²) in [5.74, 6) is -0.506. The van der Waals surface area contributed by atoms with Crippen LogP contribution >= 0.6 is 0 Å². The van der Waals surface area contributed by atoms with Crippen LogP contribution in [0, 0.1) is 5.82 Å². The van der Waals surface area contributed by atoms with Crippen LogP contribution in [0.2, 0.25) is 0 Å². The summed E-state index contributed by atoms with van der Waals surface area (Å²) in [5.41, 5.74) is 0.358. The molecule has 0 aliphatic carbocycles. The van der Waals surface area contributed by atoms with Crippen molar-refractivity contribution in [1.29, 1.82) is 0 Å². The second-order valence-electron chi connectivity index (χ2n) is 5.20. The third kappa shape index (κ3) is 3.78. The minimum Gasteiger partial charge on any atom is -0.395 e. The van der Waals surface area contributed by atoms with Crippen LogP contribution in [0.3, 0.4) is 0 Å². The molecule has 1 aromatic carbocycles. The van der Waals surface area contributed by atoms with Crippen molar-refractivity contribution in [3.8, 4) is 0 Å². The molecule has 1 aliphatic rings. The number of carbonyl (C=O) groups excluding carboxylic acids is 1. The minimum atomic E-state index is -0.698. The molecule has 1 fully saturated rings. The van der Waals surface area contributed by atoms with Gasteiger partial charge in [0.15, 0.2) is 0 Å². The number of likely N-dealkylation sites (N-methyl/N-ethyl adjacent to an activating group) is 1. The quantitative estimate of drug-likeness (QED) is 0.816. The first kappa shape index (κ1) is 15.9. The van der Waals surface area contributed by atoms with E-state index in [1.165, 1.54) is 6.07 Å². The van der Waals surface area contributed by atoms with Crippen molar-refractivity contribution in [2.24, 2.45) is 0 Å². The monoisotopic (exact) mass is 295 g/mol. The molecule has 1 saturated heterocycles. The van der Waals surface area contributed by atoms with Gasteiger partial charge < -0.3 is 15.3 Å². The highest BCUT2D eigenvalue weighted by molar-refractivity contribution is 5.83. The van der Waals surface area contributed by atoms with E-state index in [1.807, 2.05) is 0 Å². The van der Waals surface area contributed by atoms with E-state index < -0.39 is 11.9 Å². The van der Waals surface area contributed by atoms with Gasteiger partial charge in [-0.05, 0) is 13.1 Å². The zero-order valence-corrected chi connectivity index (χ0v) is 12.3. The Morgan fingerprint density at radius 3 is 2.71 bits per heavy atom. The lowest BCUT2D eigenvalue weighted by Gasteiger charge is -2.34. The molecule has 5 nitrogen and oxygen atoms in total. The second kappa shape index (κ2) is 7.49. The van der Waals surface area contributed by atoms with Crippen LogP contribution in [0.4, 0.5) is 4.39 Å². The van der Waals surface area contributed by atoms with E-state index in [4.69, 9.17) is 5.11 Å². The van der Waals surface area contributed by atoms with Gasteiger partial charge in [-0.3, -0.25) is 9.69 Å². The van der Waals surface area contributed by atoms with Crippen molar-refractivity contribution < 1.29 is 14.3 Å². The van der Waals surface area contributed by atoms with Crippen LogP contribution in [-0.4, -0.2) is 67.2 Å². The van der Waals surface area contributed by atoms with Crippen LogP contribution in [0.1, 0.15) is 11.6 Å². The van der Waals surface area contributed by atoms with Crippen molar-refractivity contribution in [3.63, 3.8) is 0 Å². The zero-order chi connectivity index (χ0) is 15.2. The molecular formula is C15H22FN3O2. The summed E-state index contributed by atoms with van der Waals surface area (Å²) < 4.78 is 14.1. The van der Waals surface area contributed by atoms with E-state index >= 15 is 0 Å². The first-order valence-electron chi connectivity index (χ1n) is 7.20. The molecule has 2 rings (SSSR count). The normalized spacial score (nSPS) is 17.0. The Bertz CT molecular complexity index is 478. The van der Waals surface area contributed by atoms with E-state index in [1.54, 1.807) is 35.0 Å². The lowest BCUT2D eigenvalue weighted by Crippen LogP contribution is -2.50. The summed E-state index contributed by atoms with van der Waals surface area (Å²) in [7, 11) is 1.73. The Balaban J connectivity index is 2.27. The highest BCUT2D eigenvalue weighted by atomic mass is 19.1. The largest absolute Gasteiger partial charge is 0.395 e. The lowest BCUT2D eigenvalue weighted by atomic mass is 10.0. The van der Waals surface area contributed by atoms with Crippen molar-refractivity contribution in [1.82, 2.24) is 15.1 Å². The maximum absolute atomic E-state index is 14.1. The average Bonchev–Trinajstić information content (AvgIpc) is 2.50. The SMILES string of the molecule is CN(CCO)C(C(=O)N1CCNCC1)c1ccccc1F. The van der Waals surface area contributed by atoms with E-state index in [0.29, 0.717) is 25.2 Å². The number of nitrogens with zero attached hydrogens (tertiary/aromatic N) is 2. The fraction of sp³-hybridized carbons (Fsp3) is 0.533. The average molecular weight is 295 g/mol. The second-order valence-corrected chi connectivity index (χ2v) is 5.20. The fourth-order valence-electron chi connectivity index (χ4n) is 2.60. The van der Waals surface area contributed by atoms with Gasteiger partial charge in [0, 0.05) is 38.3 Å². The molecule has 1 aromatic rings. The third-order valence-corrected chi connectivity index (χ3v) is 3.76. The molecule has 0 aromatic heterocycles. The van der Waals surface area contributed by atoms with Gasteiger partial charge in [-0.25, -0.2) is 4.39 Å². The first-order valence-corrected chi connectivity index (χ1v) is 7.20. The summed E-state index contributed by atoms with van der Waals surface area (Å²) in [6.07, 6.45) is 0. The minimum absolute atomic E-state index is 0.0731. The first-order chi connectivity index (χ1) is 10.1. The van der Waals surface area contributed by atoms with Gasteiger partial charge >= 0.3 is 0 Å². The van der Waals surface area contributed by atoms with E-state index in [9.17, 15) is 9.18 Å². The number of amides is 1. The molecule has 0 bridgehead atoms. The molecule has 0 radical (unpaired) electrons. The van der Waals surface area contributed by atoms with Gasteiger partial charge in [-0.15, -0.1) is 0 Å². The maximum Gasteiger partial charge on any atom is 0.244 e. The topological polar surface area (TPSA) is 55.8 Å². The number of aliphatic hydroxyl groups is 1. The highest BCUT2D eigenvalue weighted by Crippen LogP contribution is 2.24. The number of carbonyl (C=O) groups is 1. The van der Waals surface area contributed by atoms with Crippen molar-refractivity contribution in [2.75, 3.05) is 46.4 Å². The summed E-state index contributed by atoms with van der Waals surface area (Å²) >= 11 is 0. The fourth-order valence-corrected chi connectivity index (χ4v) is 2.60. The molecule has 116 valence electrons. The Morgan fingerprint density at radius 1 is 1.43 bits per heavy atom. The standard InChI is InChI=1S/C15H22FN3O2/c1-18(10-11-20)14(12-4-2-3-5-13(12)16)15(21)19-8-6-17-7-9-19/h2-5,14,17,20H,6-11H2,1H3. The predicted octanol–water partition coefficient (Wildman–Crippen LogP) is 0.223. The van der Waals surface area contributed by atoms with Crippen molar-refractivity contribution in [3.05, 3.63) is 35.6 Å². The maximum atomic E-state index is 14.1. The van der Waals surface area contributed by atoms with Crippen LogP contribution in [-0.2, 0) is 4.79 Å². The van der Waals surface area contributed by atoms with Crippen LogP contribution in [0.15, 0.2) is 24.3 Å². The van der Waals surface area contributed by atoms with Crippen molar-refractivity contribution in [2.45, 2.75) is 6.04 Å². The molecule has 1 heterocycles. The molecule has 2 N–H and O–H groups in total. The molecule has 0 saturated carbocycles.